The Bertz CT molecular complexity index is 592. The molecule has 0 atom stereocenters. The lowest BCUT2D eigenvalue weighted by molar-refractivity contribution is 0.237. The zero-order valence-corrected chi connectivity index (χ0v) is 11.5. The summed E-state index contributed by atoms with van der Waals surface area (Å²) in [5.74, 6) is 0.268. The molecule has 0 heterocycles. The number of phenols is 1. The van der Waals surface area contributed by atoms with Crippen LogP contribution in [0.25, 0.3) is 11.6 Å². The van der Waals surface area contributed by atoms with E-state index in [0.29, 0.717) is 6.61 Å². The van der Waals surface area contributed by atoms with Crippen LogP contribution in [-0.2, 0) is 11.3 Å². The highest BCUT2D eigenvalue weighted by atomic mass is 16.5. The molecule has 2 nitrogen and oxygen atoms in total. The van der Waals surface area contributed by atoms with Crippen LogP contribution in [0.1, 0.15) is 23.6 Å². The summed E-state index contributed by atoms with van der Waals surface area (Å²) in [6.07, 6.45) is 3.56. The van der Waals surface area contributed by atoms with Gasteiger partial charge >= 0.3 is 0 Å². The van der Waals surface area contributed by atoms with Crippen molar-refractivity contribution in [3.05, 3.63) is 78.1 Å². The molecule has 2 aromatic rings. The molecule has 0 unspecified atom stereocenters. The van der Waals surface area contributed by atoms with E-state index in [1.165, 1.54) is 0 Å². The number of phenolic OH excluding ortho intramolecular Hbond substituents is 1. The quantitative estimate of drug-likeness (QED) is 0.801. The van der Waals surface area contributed by atoms with Crippen LogP contribution in [0.15, 0.2) is 61.4 Å². The highest BCUT2D eigenvalue weighted by Crippen LogP contribution is 2.17. The normalized spacial score (nSPS) is 11.2. The van der Waals surface area contributed by atoms with Crippen molar-refractivity contribution in [2.75, 3.05) is 0 Å². The fourth-order valence-electron chi connectivity index (χ4n) is 1.81. The number of rotatable bonds is 5. The van der Waals surface area contributed by atoms with Gasteiger partial charge in [-0.1, -0.05) is 49.1 Å². The summed E-state index contributed by atoms with van der Waals surface area (Å²) < 4.78 is 5.59. The Morgan fingerprint density at radius 1 is 1.10 bits per heavy atom. The van der Waals surface area contributed by atoms with E-state index in [2.05, 4.69) is 6.58 Å². The predicted molar refractivity (Wildman–Crippen MR) is 83.1 cm³/mol. The molecule has 20 heavy (non-hydrogen) atoms. The lowest BCUT2D eigenvalue weighted by Gasteiger charge is -2.05. The van der Waals surface area contributed by atoms with Crippen molar-refractivity contribution in [1.29, 1.82) is 0 Å². The maximum absolute atomic E-state index is 9.25. The Morgan fingerprint density at radius 3 is 2.35 bits per heavy atom. The van der Waals surface area contributed by atoms with Gasteiger partial charge in [-0.15, -0.1) is 0 Å². The number of hydrogen-bond donors (Lipinski definition) is 1. The maximum Gasteiger partial charge on any atom is 0.115 e. The van der Waals surface area contributed by atoms with Crippen LogP contribution >= 0.6 is 0 Å². The largest absolute Gasteiger partial charge is 0.508 e. The molecule has 0 fully saturated rings. The van der Waals surface area contributed by atoms with E-state index >= 15 is 0 Å². The second kappa shape index (κ2) is 6.62. The molecule has 0 saturated carbocycles. The molecule has 0 aliphatic carbocycles. The van der Waals surface area contributed by atoms with Crippen LogP contribution in [0.5, 0.6) is 5.75 Å². The standard InChI is InChI=1S/C18H18O2/c1-3-15-4-6-16(7-5-15)13-20-12-14(2)17-8-10-18(19)11-9-17/h3-12,19H,1,13H2,2H3. The smallest absolute Gasteiger partial charge is 0.115 e. The molecule has 0 aliphatic rings. The monoisotopic (exact) mass is 266 g/mol. The number of allylic oxidation sites excluding steroid dienone is 1. The third-order valence-corrected chi connectivity index (χ3v) is 3.05. The summed E-state index contributed by atoms with van der Waals surface area (Å²) in [7, 11) is 0. The van der Waals surface area contributed by atoms with Crippen molar-refractivity contribution in [1.82, 2.24) is 0 Å². The average Bonchev–Trinajstić information content (AvgIpc) is 2.48. The van der Waals surface area contributed by atoms with Crippen LogP contribution < -0.4 is 0 Å². The first-order valence-electron chi connectivity index (χ1n) is 6.48. The van der Waals surface area contributed by atoms with Gasteiger partial charge in [0.05, 0.1) is 6.26 Å². The molecule has 1 N–H and O–H groups in total. The lowest BCUT2D eigenvalue weighted by atomic mass is 10.1. The Kier molecular flexibility index (Phi) is 4.61. The topological polar surface area (TPSA) is 29.5 Å². The summed E-state index contributed by atoms with van der Waals surface area (Å²) in [5, 5.41) is 9.25. The summed E-state index contributed by atoms with van der Waals surface area (Å²) in [6, 6.07) is 15.2. The number of aromatic hydroxyl groups is 1. The van der Waals surface area contributed by atoms with Crippen LogP contribution in [0.4, 0.5) is 0 Å². The van der Waals surface area contributed by atoms with Crippen molar-refractivity contribution in [2.45, 2.75) is 13.5 Å². The lowest BCUT2D eigenvalue weighted by Crippen LogP contribution is -1.88. The van der Waals surface area contributed by atoms with E-state index in [1.54, 1.807) is 18.4 Å². The minimum absolute atomic E-state index is 0.268. The molecule has 0 bridgehead atoms. The molecule has 2 aromatic carbocycles. The van der Waals surface area contributed by atoms with Gasteiger partial charge in [0, 0.05) is 0 Å². The summed E-state index contributed by atoms with van der Waals surface area (Å²) in [6.45, 7) is 6.24. The minimum Gasteiger partial charge on any atom is -0.508 e. The Balaban J connectivity index is 1.94. The number of benzene rings is 2. The predicted octanol–water partition coefficient (Wildman–Crippen LogP) is 4.61. The second-order valence-electron chi connectivity index (χ2n) is 4.60. The zero-order chi connectivity index (χ0) is 14.4. The first-order chi connectivity index (χ1) is 9.69. The van der Waals surface area contributed by atoms with Gasteiger partial charge in [-0.3, -0.25) is 0 Å². The van der Waals surface area contributed by atoms with Crippen molar-refractivity contribution in [3.63, 3.8) is 0 Å². The summed E-state index contributed by atoms with van der Waals surface area (Å²) >= 11 is 0. The molecule has 0 aliphatic heterocycles. The molecule has 2 rings (SSSR count). The van der Waals surface area contributed by atoms with E-state index < -0.39 is 0 Å². The van der Waals surface area contributed by atoms with E-state index in [9.17, 15) is 5.11 Å². The van der Waals surface area contributed by atoms with Crippen molar-refractivity contribution < 1.29 is 9.84 Å². The summed E-state index contributed by atoms with van der Waals surface area (Å²) in [4.78, 5) is 0. The third-order valence-electron chi connectivity index (χ3n) is 3.05. The van der Waals surface area contributed by atoms with Crippen LogP contribution in [0.2, 0.25) is 0 Å². The number of ether oxygens (including phenoxy) is 1. The maximum atomic E-state index is 9.25. The van der Waals surface area contributed by atoms with Gasteiger partial charge in [0.15, 0.2) is 0 Å². The van der Waals surface area contributed by atoms with Gasteiger partial charge in [0.2, 0.25) is 0 Å². The molecule has 0 radical (unpaired) electrons. The molecule has 2 heteroatoms. The van der Waals surface area contributed by atoms with Crippen LogP contribution in [0, 0.1) is 0 Å². The van der Waals surface area contributed by atoms with Gasteiger partial charge in [-0.05, 0) is 41.3 Å². The highest BCUT2D eigenvalue weighted by Gasteiger charge is 1.97. The zero-order valence-electron chi connectivity index (χ0n) is 11.5. The molecule has 0 aromatic heterocycles. The summed E-state index contributed by atoms with van der Waals surface area (Å²) in [5.41, 5.74) is 4.27. The van der Waals surface area contributed by atoms with Crippen molar-refractivity contribution >= 4 is 11.6 Å². The Morgan fingerprint density at radius 2 is 1.75 bits per heavy atom. The first-order valence-corrected chi connectivity index (χ1v) is 6.48. The van der Waals surface area contributed by atoms with E-state index in [-0.39, 0.29) is 5.75 Å². The molecule has 0 amide bonds. The van der Waals surface area contributed by atoms with Crippen molar-refractivity contribution in [2.24, 2.45) is 0 Å². The third kappa shape index (κ3) is 3.75. The first kappa shape index (κ1) is 13.9. The molecular weight excluding hydrogens is 248 g/mol. The second-order valence-corrected chi connectivity index (χ2v) is 4.60. The van der Waals surface area contributed by atoms with Crippen LogP contribution in [0.3, 0.4) is 0 Å². The highest BCUT2D eigenvalue weighted by molar-refractivity contribution is 5.63. The SMILES string of the molecule is C=Cc1ccc(COC=C(C)c2ccc(O)cc2)cc1. The number of hydrogen-bond acceptors (Lipinski definition) is 2. The molecule has 0 spiro atoms. The average molecular weight is 266 g/mol. The Labute approximate surface area is 119 Å². The van der Waals surface area contributed by atoms with Gasteiger partial charge < -0.3 is 9.84 Å². The van der Waals surface area contributed by atoms with Gasteiger partial charge in [0.25, 0.3) is 0 Å². The molecular formula is C18H18O2. The van der Waals surface area contributed by atoms with E-state index in [1.807, 2.05) is 49.4 Å². The van der Waals surface area contributed by atoms with Crippen LogP contribution in [-0.4, -0.2) is 5.11 Å². The van der Waals surface area contributed by atoms with E-state index in [0.717, 1.165) is 22.3 Å². The van der Waals surface area contributed by atoms with Gasteiger partial charge in [0.1, 0.15) is 12.4 Å². The minimum atomic E-state index is 0.268. The molecule has 102 valence electrons. The fraction of sp³-hybridized carbons (Fsp3) is 0.111. The Hall–Kier alpha value is -2.48. The van der Waals surface area contributed by atoms with E-state index in [4.69, 9.17) is 4.74 Å². The fourth-order valence-corrected chi connectivity index (χ4v) is 1.81. The van der Waals surface area contributed by atoms with Gasteiger partial charge in [-0.25, -0.2) is 0 Å². The van der Waals surface area contributed by atoms with Crippen molar-refractivity contribution in [3.8, 4) is 5.75 Å². The van der Waals surface area contributed by atoms with Gasteiger partial charge in [-0.2, -0.15) is 0 Å². The molecule has 0 saturated heterocycles.